The number of carboxylic acids is 1. The van der Waals surface area contributed by atoms with Gasteiger partial charge in [0.25, 0.3) is 0 Å². The van der Waals surface area contributed by atoms with Crippen molar-refractivity contribution in [2.75, 3.05) is 0 Å². The number of aliphatic carboxylic acids is 1. The lowest BCUT2D eigenvalue weighted by Gasteiger charge is -2.14. The Labute approximate surface area is 106 Å². The predicted octanol–water partition coefficient (Wildman–Crippen LogP) is 1.31. The fraction of sp³-hybridized carbons (Fsp3) is 0.429. The molecule has 4 heteroatoms. The monoisotopic (exact) mass is 247 g/mol. The van der Waals surface area contributed by atoms with Crippen LogP contribution in [0.3, 0.4) is 0 Å². The van der Waals surface area contributed by atoms with Crippen LogP contribution in [0.25, 0.3) is 0 Å². The molecule has 1 aliphatic rings. The molecule has 0 spiro atoms. The van der Waals surface area contributed by atoms with E-state index in [0.717, 1.165) is 18.4 Å². The van der Waals surface area contributed by atoms with E-state index in [2.05, 4.69) is 17.4 Å². The Balaban J connectivity index is 2.11. The van der Waals surface area contributed by atoms with Crippen LogP contribution in [0.2, 0.25) is 0 Å². The average Bonchev–Trinajstić information content (AvgIpc) is 2.74. The third-order valence-corrected chi connectivity index (χ3v) is 3.28. The van der Waals surface area contributed by atoms with Gasteiger partial charge in [0.05, 0.1) is 0 Å². The van der Waals surface area contributed by atoms with Gasteiger partial charge >= 0.3 is 5.97 Å². The van der Waals surface area contributed by atoms with Gasteiger partial charge in [-0.15, -0.1) is 0 Å². The molecular formula is C14H17NO3. The summed E-state index contributed by atoms with van der Waals surface area (Å²) in [6, 6.07) is 5.26. The number of amides is 1. The number of carbonyl (C=O) groups is 2. The van der Waals surface area contributed by atoms with E-state index >= 15 is 0 Å². The van der Waals surface area contributed by atoms with Crippen LogP contribution in [0.4, 0.5) is 0 Å². The number of hydrogen-bond acceptors (Lipinski definition) is 2. The van der Waals surface area contributed by atoms with Gasteiger partial charge in [-0.2, -0.15) is 0 Å². The van der Waals surface area contributed by atoms with Gasteiger partial charge in [-0.05, 0) is 36.0 Å². The molecule has 0 aliphatic heterocycles. The van der Waals surface area contributed by atoms with Gasteiger partial charge in [-0.1, -0.05) is 18.2 Å². The minimum Gasteiger partial charge on any atom is -0.480 e. The zero-order chi connectivity index (χ0) is 13.1. The molecule has 0 saturated carbocycles. The average molecular weight is 247 g/mol. The molecule has 0 aromatic heterocycles. The van der Waals surface area contributed by atoms with Crippen LogP contribution in [0.15, 0.2) is 18.2 Å². The normalized spacial score (nSPS) is 14.9. The Kier molecular flexibility index (Phi) is 3.65. The Morgan fingerprint density at radius 3 is 2.72 bits per heavy atom. The number of hydrogen-bond donors (Lipinski definition) is 2. The Morgan fingerprint density at radius 2 is 2.06 bits per heavy atom. The first-order chi connectivity index (χ1) is 8.56. The molecule has 0 bridgehead atoms. The lowest BCUT2D eigenvalue weighted by Crippen LogP contribution is -2.41. The summed E-state index contributed by atoms with van der Waals surface area (Å²) >= 11 is 0. The number of fused-ring (bicyclic) bond motifs is 1. The second-order valence-corrected chi connectivity index (χ2v) is 4.75. The van der Waals surface area contributed by atoms with E-state index in [1.807, 2.05) is 6.07 Å². The Morgan fingerprint density at radius 1 is 1.33 bits per heavy atom. The molecule has 0 fully saturated rings. The highest BCUT2D eigenvalue weighted by Crippen LogP contribution is 2.23. The number of nitrogens with one attached hydrogen (secondary N) is 1. The van der Waals surface area contributed by atoms with Crippen molar-refractivity contribution in [3.05, 3.63) is 34.9 Å². The molecule has 0 saturated heterocycles. The van der Waals surface area contributed by atoms with Crippen molar-refractivity contribution in [1.29, 1.82) is 0 Å². The fourth-order valence-corrected chi connectivity index (χ4v) is 2.43. The highest BCUT2D eigenvalue weighted by atomic mass is 16.4. The summed E-state index contributed by atoms with van der Waals surface area (Å²) in [4.78, 5) is 22.0. The molecule has 2 rings (SSSR count). The van der Waals surface area contributed by atoms with Crippen LogP contribution in [0.5, 0.6) is 0 Å². The predicted molar refractivity (Wildman–Crippen MR) is 67.4 cm³/mol. The summed E-state index contributed by atoms with van der Waals surface area (Å²) in [5, 5.41) is 11.5. The van der Waals surface area contributed by atoms with Crippen molar-refractivity contribution in [2.45, 2.75) is 38.6 Å². The summed E-state index contributed by atoms with van der Waals surface area (Å²) in [6.07, 6.45) is 3.69. The molecule has 1 aromatic carbocycles. The van der Waals surface area contributed by atoms with Gasteiger partial charge in [0.1, 0.15) is 6.04 Å². The molecule has 1 aliphatic carbocycles. The molecule has 0 radical (unpaired) electrons. The number of carbonyl (C=O) groups excluding carboxylic acids is 1. The van der Waals surface area contributed by atoms with Crippen molar-refractivity contribution in [2.24, 2.45) is 0 Å². The topological polar surface area (TPSA) is 66.4 Å². The van der Waals surface area contributed by atoms with E-state index in [9.17, 15) is 9.59 Å². The quantitative estimate of drug-likeness (QED) is 0.843. The zero-order valence-corrected chi connectivity index (χ0v) is 10.4. The fourth-order valence-electron chi connectivity index (χ4n) is 2.43. The lowest BCUT2D eigenvalue weighted by atomic mass is 10.0. The number of carboxylic acid groups (broad SMARTS) is 1. The summed E-state index contributed by atoms with van der Waals surface area (Å²) in [5.41, 5.74) is 3.65. The SMILES string of the molecule is CC(=O)NC(Cc1ccc2c(c1)CCC2)C(=O)O. The van der Waals surface area contributed by atoms with Gasteiger partial charge < -0.3 is 10.4 Å². The van der Waals surface area contributed by atoms with Crippen molar-refractivity contribution in [3.8, 4) is 0 Å². The van der Waals surface area contributed by atoms with Crippen molar-refractivity contribution >= 4 is 11.9 Å². The lowest BCUT2D eigenvalue weighted by molar-refractivity contribution is -0.141. The molecule has 2 N–H and O–H groups in total. The minimum absolute atomic E-state index is 0.316. The van der Waals surface area contributed by atoms with Crippen molar-refractivity contribution < 1.29 is 14.7 Å². The minimum atomic E-state index is -0.995. The molecule has 1 unspecified atom stereocenters. The summed E-state index contributed by atoms with van der Waals surface area (Å²) < 4.78 is 0. The van der Waals surface area contributed by atoms with Gasteiger partial charge in [-0.25, -0.2) is 4.79 Å². The molecule has 1 atom stereocenters. The van der Waals surface area contributed by atoms with Crippen LogP contribution >= 0.6 is 0 Å². The van der Waals surface area contributed by atoms with E-state index in [-0.39, 0.29) is 5.91 Å². The first kappa shape index (κ1) is 12.6. The molecule has 1 amide bonds. The van der Waals surface area contributed by atoms with E-state index in [1.165, 1.54) is 24.5 Å². The van der Waals surface area contributed by atoms with Crippen LogP contribution in [-0.2, 0) is 28.9 Å². The largest absolute Gasteiger partial charge is 0.480 e. The van der Waals surface area contributed by atoms with Crippen LogP contribution in [0.1, 0.15) is 30.0 Å². The van der Waals surface area contributed by atoms with Gasteiger partial charge in [-0.3, -0.25) is 4.79 Å². The number of benzene rings is 1. The first-order valence-corrected chi connectivity index (χ1v) is 6.17. The highest BCUT2D eigenvalue weighted by molar-refractivity contribution is 5.82. The molecule has 0 heterocycles. The smallest absolute Gasteiger partial charge is 0.326 e. The second kappa shape index (κ2) is 5.21. The highest BCUT2D eigenvalue weighted by Gasteiger charge is 2.20. The summed E-state index contributed by atoms with van der Waals surface area (Å²) in [7, 11) is 0. The first-order valence-electron chi connectivity index (χ1n) is 6.17. The molecule has 4 nitrogen and oxygen atoms in total. The maximum atomic E-state index is 11.1. The Hall–Kier alpha value is -1.84. The van der Waals surface area contributed by atoms with E-state index in [4.69, 9.17) is 5.11 Å². The number of aryl methyl sites for hydroxylation is 2. The standard InChI is InChI=1S/C14H17NO3/c1-9(16)15-13(14(17)18)8-10-5-6-11-3-2-4-12(11)7-10/h5-7,13H,2-4,8H2,1H3,(H,15,16)(H,17,18). The van der Waals surface area contributed by atoms with Crippen molar-refractivity contribution in [3.63, 3.8) is 0 Å². The molecule has 18 heavy (non-hydrogen) atoms. The maximum Gasteiger partial charge on any atom is 0.326 e. The van der Waals surface area contributed by atoms with E-state index < -0.39 is 12.0 Å². The number of rotatable bonds is 4. The van der Waals surface area contributed by atoms with Crippen LogP contribution < -0.4 is 5.32 Å². The summed E-state index contributed by atoms with van der Waals surface area (Å²) in [6.45, 7) is 1.33. The van der Waals surface area contributed by atoms with E-state index in [0.29, 0.717) is 6.42 Å². The van der Waals surface area contributed by atoms with E-state index in [1.54, 1.807) is 0 Å². The molecular weight excluding hydrogens is 230 g/mol. The van der Waals surface area contributed by atoms with Gasteiger partial charge in [0, 0.05) is 13.3 Å². The van der Waals surface area contributed by atoms with Gasteiger partial charge in [0.15, 0.2) is 0 Å². The third kappa shape index (κ3) is 2.88. The Bertz CT molecular complexity index is 482. The molecule has 1 aromatic rings. The molecule has 96 valence electrons. The second-order valence-electron chi connectivity index (χ2n) is 4.75. The summed E-state index contributed by atoms with van der Waals surface area (Å²) in [5.74, 6) is -1.31. The third-order valence-electron chi connectivity index (χ3n) is 3.28. The van der Waals surface area contributed by atoms with Gasteiger partial charge in [0.2, 0.25) is 5.91 Å². The zero-order valence-electron chi connectivity index (χ0n) is 10.4. The maximum absolute atomic E-state index is 11.1. The van der Waals surface area contributed by atoms with Crippen molar-refractivity contribution in [1.82, 2.24) is 5.32 Å². The van der Waals surface area contributed by atoms with Crippen LogP contribution in [0, 0.1) is 0 Å². The van der Waals surface area contributed by atoms with Crippen LogP contribution in [-0.4, -0.2) is 23.0 Å².